The van der Waals surface area contributed by atoms with Gasteiger partial charge in [0.1, 0.15) is 0 Å². The molecule has 8 aromatic carbocycles. The highest BCUT2D eigenvalue weighted by molar-refractivity contribution is 6.10. The van der Waals surface area contributed by atoms with Gasteiger partial charge in [-0.1, -0.05) is 159 Å². The van der Waals surface area contributed by atoms with Gasteiger partial charge in [0.25, 0.3) is 0 Å². The van der Waals surface area contributed by atoms with Gasteiger partial charge in [0.15, 0.2) is 0 Å². The van der Waals surface area contributed by atoms with Gasteiger partial charge in [-0.3, -0.25) is 5.01 Å². The summed E-state index contributed by atoms with van der Waals surface area (Å²) in [5.41, 5.74) is 17.4. The average molecular weight is 773 g/mol. The first-order valence-corrected chi connectivity index (χ1v) is 20.6. The lowest BCUT2D eigenvalue weighted by Crippen LogP contribution is -2.31. The zero-order valence-electron chi connectivity index (χ0n) is 33.5. The van der Waals surface area contributed by atoms with Crippen LogP contribution in [-0.4, -0.2) is 9.58 Å². The molecule has 0 saturated heterocycles. The molecule has 0 unspecified atom stereocenters. The number of nitrogens with zero attached hydrogens (tertiary/aromatic N) is 3. The molecule has 60 heavy (non-hydrogen) atoms. The fourth-order valence-electron chi connectivity index (χ4n) is 8.79. The van der Waals surface area contributed by atoms with Crippen molar-refractivity contribution in [2.24, 2.45) is 5.84 Å². The van der Waals surface area contributed by atoms with Gasteiger partial charge >= 0.3 is 0 Å². The Labute approximate surface area is 351 Å². The van der Waals surface area contributed by atoms with E-state index >= 15 is 0 Å². The molecule has 4 heteroatoms. The van der Waals surface area contributed by atoms with E-state index in [0.29, 0.717) is 0 Å². The number of hydrogen-bond donors (Lipinski definition) is 1. The molecular weight excluding hydrogens is 729 g/mol. The molecular formula is C56H44N4. The highest BCUT2D eigenvalue weighted by Crippen LogP contribution is 2.43. The van der Waals surface area contributed by atoms with Crippen molar-refractivity contribution in [1.29, 1.82) is 0 Å². The van der Waals surface area contributed by atoms with Crippen LogP contribution in [0.4, 0.5) is 17.1 Å². The zero-order valence-corrected chi connectivity index (χ0v) is 33.5. The van der Waals surface area contributed by atoms with Crippen LogP contribution < -0.4 is 10.7 Å². The van der Waals surface area contributed by atoms with Gasteiger partial charge in [0.05, 0.1) is 22.4 Å². The summed E-state index contributed by atoms with van der Waals surface area (Å²) in [5.74, 6) is 7.07. The summed E-state index contributed by atoms with van der Waals surface area (Å²) >= 11 is 0. The molecule has 0 atom stereocenters. The predicted molar refractivity (Wildman–Crippen MR) is 254 cm³/mol. The molecule has 0 saturated carbocycles. The monoisotopic (exact) mass is 772 g/mol. The Morgan fingerprint density at radius 1 is 0.533 bits per heavy atom. The van der Waals surface area contributed by atoms with E-state index in [2.05, 4.69) is 223 Å². The van der Waals surface area contributed by atoms with Crippen molar-refractivity contribution in [2.75, 3.05) is 4.90 Å². The summed E-state index contributed by atoms with van der Waals surface area (Å²) < 4.78 is 2.36. The third kappa shape index (κ3) is 6.50. The van der Waals surface area contributed by atoms with Gasteiger partial charge < -0.3 is 9.47 Å². The van der Waals surface area contributed by atoms with Crippen molar-refractivity contribution in [2.45, 2.75) is 13.3 Å². The van der Waals surface area contributed by atoms with Crippen LogP contribution in [0, 0.1) is 0 Å². The second-order valence-electron chi connectivity index (χ2n) is 15.2. The zero-order chi connectivity index (χ0) is 40.6. The molecule has 1 aliphatic heterocycles. The van der Waals surface area contributed by atoms with Gasteiger partial charge in [0.2, 0.25) is 0 Å². The van der Waals surface area contributed by atoms with E-state index in [9.17, 15) is 0 Å². The van der Waals surface area contributed by atoms with Crippen LogP contribution in [0.3, 0.4) is 0 Å². The second kappa shape index (κ2) is 15.6. The molecule has 10 rings (SSSR count). The second-order valence-corrected chi connectivity index (χ2v) is 15.2. The smallest absolute Gasteiger partial charge is 0.0691 e. The quantitative estimate of drug-likeness (QED) is 0.149. The first-order valence-electron chi connectivity index (χ1n) is 20.6. The molecule has 2 N–H and O–H groups in total. The van der Waals surface area contributed by atoms with Crippen molar-refractivity contribution in [3.63, 3.8) is 0 Å². The normalized spacial score (nSPS) is 13.2. The number of benzene rings is 8. The summed E-state index contributed by atoms with van der Waals surface area (Å²) in [4.78, 5) is 2.35. The lowest BCUT2D eigenvalue weighted by molar-refractivity contribution is 0.589. The standard InChI is InChI=1S/C56H44N4/c1-3-49(56-50-24-14-13-21-44(50)37-55(60(56)57)43-19-9-5-10-20-43)39(2)40-27-31-46(32-28-40)58(47-33-29-42(30-34-47)41-17-7-4-8-18-41)48-35-36-54-52(38-48)51-25-15-16-26-53(51)59(54)45-22-11-6-12-23-45/h4-38H,2-3,57H2,1H3/b56-49-. The molecule has 9 aromatic rings. The topological polar surface area (TPSA) is 37.4 Å². The molecule has 4 nitrogen and oxygen atoms in total. The largest absolute Gasteiger partial charge is 0.310 e. The van der Waals surface area contributed by atoms with Gasteiger partial charge in [-0.15, -0.1) is 0 Å². The summed E-state index contributed by atoms with van der Waals surface area (Å²) in [5, 5.41) is 4.26. The SMILES string of the molecule is C=C(/C(CC)=C1/c2ccccc2C=C(c2ccccc2)N1N)c1ccc(N(c2ccc(-c3ccccc3)cc2)c2ccc3c(c2)c2ccccc2n3-c2ccccc2)cc1. The van der Waals surface area contributed by atoms with Crippen LogP contribution >= 0.6 is 0 Å². The lowest BCUT2D eigenvalue weighted by atomic mass is 9.88. The summed E-state index contributed by atoms with van der Waals surface area (Å²) in [6, 6.07) is 73.2. The molecule has 0 spiro atoms. The first-order chi connectivity index (χ1) is 29.6. The van der Waals surface area contributed by atoms with Crippen LogP contribution in [0.15, 0.2) is 218 Å². The van der Waals surface area contributed by atoms with E-state index in [1.165, 1.54) is 32.9 Å². The Bertz CT molecular complexity index is 3070. The highest BCUT2D eigenvalue weighted by Gasteiger charge is 2.26. The minimum absolute atomic E-state index is 0.760. The van der Waals surface area contributed by atoms with Crippen LogP contribution in [0.25, 0.3) is 61.7 Å². The van der Waals surface area contributed by atoms with E-state index in [4.69, 9.17) is 12.4 Å². The molecule has 0 amide bonds. The number of anilines is 3. The maximum atomic E-state index is 7.07. The Morgan fingerprint density at radius 2 is 1.08 bits per heavy atom. The number of allylic oxidation sites excluding steroid dienone is 2. The minimum atomic E-state index is 0.760. The molecule has 0 radical (unpaired) electrons. The van der Waals surface area contributed by atoms with Crippen molar-refractivity contribution < 1.29 is 0 Å². The Hall–Kier alpha value is -7.66. The van der Waals surface area contributed by atoms with Crippen molar-refractivity contribution in [3.05, 3.63) is 241 Å². The first kappa shape index (κ1) is 36.7. The number of hydrazine groups is 1. The number of nitrogens with two attached hydrogens (primary N) is 1. The number of fused-ring (bicyclic) bond motifs is 4. The fraction of sp³-hybridized carbons (Fsp3) is 0.0357. The summed E-state index contributed by atoms with van der Waals surface area (Å²) in [6.07, 6.45) is 2.94. The molecule has 1 aliphatic rings. The van der Waals surface area contributed by atoms with E-state index in [1.54, 1.807) is 0 Å². The van der Waals surface area contributed by atoms with Crippen LogP contribution in [-0.2, 0) is 0 Å². The lowest BCUT2D eigenvalue weighted by Gasteiger charge is -2.33. The summed E-state index contributed by atoms with van der Waals surface area (Å²) in [7, 11) is 0. The molecule has 2 heterocycles. The van der Waals surface area contributed by atoms with E-state index < -0.39 is 0 Å². The van der Waals surface area contributed by atoms with Crippen molar-refractivity contribution in [1.82, 2.24) is 9.58 Å². The molecule has 0 aliphatic carbocycles. The van der Waals surface area contributed by atoms with E-state index in [1.807, 2.05) is 11.1 Å². The van der Waals surface area contributed by atoms with Gasteiger partial charge in [-0.25, -0.2) is 5.84 Å². The average Bonchev–Trinajstić information content (AvgIpc) is 3.65. The van der Waals surface area contributed by atoms with Gasteiger partial charge in [-0.05, 0) is 112 Å². The number of para-hydroxylation sites is 2. The summed E-state index contributed by atoms with van der Waals surface area (Å²) in [6.45, 7) is 6.91. The predicted octanol–water partition coefficient (Wildman–Crippen LogP) is 14.4. The minimum Gasteiger partial charge on any atom is -0.310 e. The molecule has 1 aromatic heterocycles. The van der Waals surface area contributed by atoms with Crippen molar-refractivity contribution >= 4 is 61.9 Å². The maximum Gasteiger partial charge on any atom is 0.0691 e. The third-order valence-corrected chi connectivity index (χ3v) is 11.7. The number of hydrogen-bond acceptors (Lipinski definition) is 3. The Kier molecular flexibility index (Phi) is 9.53. The van der Waals surface area contributed by atoms with Crippen LogP contribution in [0.2, 0.25) is 0 Å². The number of rotatable bonds is 9. The molecule has 0 bridgehead atoms. The van der Waals surface area contributed by atoms with Crippen LogP contribution in [0.5, 0.6) is 0 Å². The maximum absolute atomic E-state index is 7.07. The van der Waals surface area contributed by atoms with E-state index in [-0.39, 0.29) is 0 Å². The molecule has 0 fully saturated rings. The Morgan fingerprint density at radius 3 is 1.78 bits per heavy atom. The third-order valence-electron chi connectivity index (χ3n) is 11.7. The van der Waals surface area contributed by atoms with Crippen molar-refractivity contribution in [3.8, 4) is 16.8 Å². The highest BCUT2D eigenvalue weighted by atomic mass is 15.4. The van der Waals surface area contributed by atoms with Crippen LogP contribution in [0.1, 0.15) is 35.6 Å². The Balaban J connectivity index is 1.08. The molecule has 288 valence electrons. The van der Waals surface area contributed by atoms with E-state index in [0.717, 1.165) is 74.0 Å². The van der Waals surface area contributed by atoms with Gasteiger partial charge in [-0.2, -0.15) is 0 Å². The van der Waals surface area contributed by atoms with Gasteiger partial charge in [0, 0.05) is 39.1 Å². The number of aromatic nitrogens is 1. The fourth-order valence-corrected chi connectivity index (χ4v) is 8.79.